The molecule has 0 aliphatic carbocycles. The number of carbonyl (C=O) groups excluding carboxylic acids is 3. The average Bonchev–Trinajstić information content (AvgIpc) is 2.70. The monoisotopic (exact) mass is 386 g/mol. The Hall–Kier alpha value is -3.13. The van der Waals surface area contributed by atoms with Gasteiger partial charge in [0.15, 0.2) is 0 Å². The zero-order chi connectivity index (χ0) is 19.6. The van der Waals surface area contributed by atoms with Gasteiger partial charge in [0.1, 0.15) is 12.6 Å². The molecular formula is C19H18N2O5S. The van der Waals surface area contributed by atoms with Gasteiger partial charge < -0.3 is 15.7 Å². The standard InChI is InChI=1S/C19H18N2O5S/c22-16(23)11-20-18(25)15(21-17(24)13-7-3-1-4-8-13)12-27-19(26)14-9-5-2-6-10-14/h1-10,15H,11-12H2,(H,20,25)(H,21,24)(H,22,23)/t15-/m0/s1. The number of benzene rings is 2. The molecule has 0 heterocycles. The van der Waals surface area contributed by atoms with E-state index in [4.69, 9.17) is 5.11 Å². The molecule has 8 heteroatoms. The first-order valence-electron chi connectivity index (χ1n) is 8.05. The van der Waals surface area contributed by atoms with E-state index >= 15 is 0 Å². The quantitative estimate of drug-likeness (QED) is 0.635. The second-order valence-electron chi connectivity index (χ2n) is 5.47. The molecule has 0 aromatic heterocycles. The van der Waals surface area contributed by atoms with Gasteiger partial charge in [0.2, 0.25) is 11.0 Å². The van der Waals surface area contributed by atoms with Gasteiger partial charge in [0.25, 0.3) is 5.91 Å². The molecular weight excluding hydrogens is 368 g/mol. The van der Waals surface area contributed by atoms with Crippen molar-refractivity contribution in [2.24, 2.45) is 0 Å². The maximum atomic E-state index is 12.3. The van der Waals surface area contributed by atoms with Gasteiger partial charge in [-0.25, -0.2) is 0 Å². The molecule has 0 saturated heterocycles. The van der Waals surface area contributed by atoms with Crippen LogP contribution in [-0.2, 0) is 9.59 Å². The van der Waals surface area contributed by atoms with Crippen LogP contribution in [0.4, 0.5) is 0 Å². The predicted molar refractivity (Wildman–Crippen MR) is 102 cm³/mol. The number of hydrogen-bond donors (Lipinski definition) is 3. The molecule has 2 rings (SSSR count). The van der Waals surface area contributed by atoms with Crippen LogP contribution in [0.2, 0.25) is 0 Å². The number of amides is 2. The SMILES string of the molecule is O=C(O)CNC(=O)[C@H](CSC(=O)c1ccccc1)NC(=O)c1ccccc1. The van der Waals surface area contributed by atoms with Gasteiger partial charge in [-0.15, -0.1) is 0 Å². The third kappa shape index (κ3) is 6.59. The number of aliphatic carboxylic acids is 1. The van der Waals surface area contributed by atoms with Crippen LogP contribution in [0, 0.1) is 0 Å². The van der Waals surface area contributed by atoms with Crippen LogP contribution in [-0.4, -0.2) is 46.3 Å². The van der Waals surface area contributed by atoms with Crippen molar-refractivity contribution in [3.8, 4) is 0 Å². The molecule has 0 saturated carbocycles. The van der Waals surface area contributed by atoms with E-state index in [0.717, 1.165) is 11.8 Å². The van der Waals surface area contributed by atoms with Crippen LogP contribution in [0.3, 0.4) is 0 Å². The van der Waals surface area contributed by atoms with Crippen molar-refractivity contribution in [3.63, 3.8) is 0 Å². The van der Waals surface area contributed by atoms with E-state index < -0.39 is 30.4 Å². The minimum atomic E-state index is -1.20. The van der Waals surface area contributed by atoms with E-state index in [9.17, 15) is 19.2 Å². The van der Waals surface area contributed by atoms with Gasteiger partial charge in [-0.05, 0) is 12.1 Å². The minimum absolute atomic E-state index is 0.0300. The maximum absolute atomic E-state index is 12.3. The average molecular weight is 386 g/mol. The fourth-order valence-electron chi connectivity index (χ4n) is 2.12. The second kappa shape index (κ2) is 10.1. The van der Waals surface area contributed by atoms with Gasteiger partial charge in [-0.3, -0.25) is 19.2 Å². The summed E-state index contributed by atoms with van der Waals surface area (Å²) in [5, 5.41) is 13.2. The fraction of sp³-hybridized carbons (Fsp3) is 0.158. The normalized spacial score (nSPS) is 11.3. The first kappa shape index (κ1) is 20.2. The molecule has 2 amide bonds. The van der Waals surface area contributed by atoms with Crippen molar-refractivity contribution in [3.05, 3.63) is 71.8 Å². The predicted octanol–water partition coefficient (Wildman–Crippen LogP) is 1.56. The van der Waals surface area contributed by atoms with E-state index in [2.05, 4.69) is 10.6 Å². The number of carboxylic acid groups (broad SMARTS) is 1. The number of carbonyl (C=O) groups is 4. The van der Waals surface area contributed by atoms with E-state index in [-0.39, 0.29) is 10.9 Å². The molecule has 0 bridgehead atoms. The molecule has 2 aromatic rings. The zero-order valence-electron chi connectivity index (χ0n) is 14.3. The third-order valence-corrected chi connectivity index (χ3v) is 4.46. The van der Waals surface area contributed by atoms with Crippen LogP contribution in [0.1, 0.15) is 20.7 Å². The van der Waals surface area contributed by atoms with Crippen molar-refractivity contribution < 1.29 is 24.3 Å². The van der Waals surface area contributed by atoms with Crippen LogP contribution >= 0.6 is 11.8 Å². The molecule has 7 nitrogen and oxygen atoms in total. The van der Waals surface area contributed by atoms with E-state index in [1.54, 1.807) is 60.7 Å². The Labute approximate surface area is 160 Å². The first-order chi connectivity index (χ1) is 13.0. The summed E-state index contributed by atoms with van der Waals surface area (Å²) in [4.78, 5) is 47.4. The van der Waals surface area contributed by atoms with E-state index in [1.165, 1.54) is 0 Å². The Balaban J connectivity index is 2.04. The molecule has 0 unspecified atom stereocenters. The molecule has 27 heavy (non-hydrogen) atoms. The summed E-state index contributed by atoms with van der Waals surface area (Å²) in [6.07, 6.45) is 0. The molecule has 0 spiro atoms. The number of nitrogens with one attached hydrogen (secondary N) is 2. The van der Waals surface area contributed by atoms with Gasteiger partial charge in [0, 0.05) is 16.9 Å². The highest BCUT2D eigenvalue weighted by Crippen LogP contribution is 2.14. The highest BCUT2D eigenvalue weighted by molar-refractivity contribution is 8.14. The lowest BCUT2D eigenvalue weighted by atomic mass is 10.2. The summed E-state index contributed by atoms with van der Waals surface area (Å²) in [6.45, 7) is -0.576. The lowest BCUT2D eigenvalue weighted by Crippen LogP contribution is -2.49. The highest BCUT2D eigenvalue weighted by atomic mass is 32.2. The smallest absolute Gasteiger partial charge is 0.322 e. The van der Waals surface area contributed by atoms with E-state index in [1.807, 2.05) is 0 Å². The number of thioether (sulfide) groups is 1. The van der Waals surface area contributed by atoms with Crippen molar-refractivity contribution >= 4 is 34.7 Å². The summed E-state index contributed by atoms with van der Waals surface area (Å²) in [6, 6.07) is 15.8. The van der Waals surface area contributed by atoms with Gasteiger partial charge in [0.05, 0.1) is 0 Å². The summed E-state index contributed by atoms with van der Waals surface area (Å²) < 4.78 is 0. The highest BCUT2D eigenvalue weighted by Gasteiger charge is 2.23. The van der Waals surface area contributed by atoms with Gasteiger partial charge in [-0.2, -0.15) is 0 Å². The van der Waals surface area contributed by atoms with Crippen LogP contribution in [0.15, 0.2) is 60.7 Å². The lowest BCUT2D eigenvalue weighted by molar-refractivity contribution is -0.138. The molecule has 2 aromatic carbocycles. The molecule has 0 aliphatic heterocycles. The third-order valence-electron chi connectivity index (χ3n) is 3.46. The molecule has 0 radical (unpaired) electrons. The second-order valence-corrected chi connectivity index (χ2v) is 6.46. The molecule has 140 valence electrons. The van der Waals surface area contributed by atoms with Crippen LogP contribution in [0.5, 0.6) is 0 Å². The van der Waals surface area contributed by atoms with Gasteiger partial charge in [-0.1, -0.05) is 60.3 Å². The Kier molecular flexibility index (Phi) is 7.57. The Morgan fingerprint density at radius 3 is 2.00 bits per heavy atom. The number of carboxylic acids is 1. The summed E-state index contributed by atoms with van der Waals surface area (Å²) in [7, 11) is 0. The van der Waals surface area contributed by atoms with Crippen molar-refractivity contribution in [2.45, 2.75) is 6.04 Å². The van der Waals surface area contributed by atoms with Crippen LogP contribution < -0.4 is 10.6 Å². The summed E-state index contributed by atoms with van der Waals surface area (Å²) in [5.74, 6) is -2.39. The van der Waals surface area contributed by atoms with Crippen molar-refractivity contribution in [1.82, 2.24) is 10.6 Å². The topological polar surface area (TPSA) is 113 Å². The zero-order valence-corrected chi connectivity index (χ0v) is 15.1. The molecule has 1 atom stereocenters. The number of rotatable bonds is 8. The summed E-state index contributed by atoms with van der Waals surface area (Å²) in [5.41, 5.74) is 0.828. The Bertz CT molecular complexity index is 811. The minimum Gasteiger partial charge on any atom is -0.480 e. The molecule has 0 aliphatic rings. The fourth-order valence-corrected chi connectivity index (χ4v) is 2.97. The van der Waals surface area contributed by atoms with Gasteiger partial charge >= 0.3 is 5.97 Å². The lowest BCUT2D eigenvalue weighted by Gasteiger charge is -2.17. The molecule has 0 fully saturated rings. The number of hydrogen-bond acceptors (Lipinski definition) is 5. The van der Waals surface area contributed by atoms with Crippen LogP contribution in [0.25, 0.3) is 0 Å². The largest absolute Gasteiger partial charge is 0.480 e. The molecule has 3 N–H and O–H groups in total. The maximum Gasteiger partial charge on any atom is 0.322 e. The van der Waals surface area contributed by atoms with E-state index in [0.29, 0.717) is 11.1 Å². The first-order valence-corrected chi connectivity index (χ1v) is 9.03. The summed E-state index contributed by atoms with van der Waals surface area (Å²) >= 11 is 0.875. The Morgan fingerprint density at radius 1 is 0.889 bits per heavy atom. The Morgan fingerprint density at radius 2 is 1.44 bits per heavy atom. The van der Waals surface area contributed by atoms with Crippen molar-refractivity contribution in [1.29, 1.82) is 0 Å². The van der Waals surface area contributed by atoms with Crippen molar-refractivity contribution in [2.75, 3.05) is 12.3 Å².